The van der Waals surface area contributed by atoms with Crippen LogP contribution in [0.3, 0.4) is 0 Å². The monoisotopic (exact) mass is 843 g/mol. The van der Waals surface area contributed by atoms with Crippen LogP contribution < -0.4 is 14.7 Å². The summed E-state index contributed by atoms with van der Waals surface area (Å²) in [7, 11) is 0. The molecule has 1 aliphatic heterocycles. The number of anilines is 9. The lowest BCUT2D eigenvalue weighted by atomic mass is 9.89. The molecule has 0 bridgehead atoms. The third kappa shape index (κ3) is 6.07. The zero-order valence-electron chi connectivity index (χ0n) is 35.9. The van der Waals surface area contributed by atoms with Gasteiger partial charge in [-0.2, -0.15) is 0 Å². The lowest BCUT2D eigenvalue weighted by Crippen LogP contribution is -2.18. The summed E-state index contributed by atoms with van der Waals surface area (Å²) >= 11 is 0. The van der Waals surface area contributed by atoms with E-state index in [1.54, 1.807) is 0 Å². The molecule has 310 valence electrons. The Morgan fingerprint density at radius 3 is 1.83 bits per heavy atom. The maximum Gasteiger partial charge on any atom is 0.159 e. The van der Waals surface area contributed by atoms with E-state index in [1.165, 1.54) is 27.1 Å². The van der Waals surface area contributed by atoms with Crippen LogP contribution in [0.4, 0.5) is 51.2 Å². The number of fused-ring (bicyclic) bond motifs is 6. The molecule has 11 aromatic carbocycles. The molecule has 0 saturated heterocycles. The van der Waals surface area contributed by atoms with Crippen molar-refractivity contribution in [1.82, 2.24) is 0 Å². The quantitative estimate of drug-likeness (QED) is 0.152. The fraction of sp³-hybridized carbons (Fsp3) is 0. The van der Waals surface area contributed by atoms with Crippen molar-refractivity contribution in [2.24, 2.45) is 0 Å². The molecule has 1 aromatic heterocycles. The molecule has 0 saturated carbocycles. The predicted octanol–water partition coefficient (Wildman–Crippen LogP) is 17.9. The molecule has 0 spiro atoms. The van der Waals surface area contributed by atoms with E-state index in [-0.39, 0.29) is 0 Å². The maximum atomic E-state index is 6.80. The SMILES string of the molecule is c1ccc(-c2ccccc2N(c2ccc3c(c2)N(c2ccccc2)c2cccc4c(N(c5ccccc5)c5ccc6ccccc6c5)ccc-3c24)c2cccc3c2oc2ccccc23)cc1. The normalized spacial score (nSPS) is 11.9. The molecule has 0 aliphatic carbocycles. The van der Waals surface area contributed by atoms with Crippen LogP contribution in [0.5, 0.6) is 0 Å². The van der Waals surface area contributed by atoms with Crippen molar-refractivity contribution in [3.05, 3.63) is 249 Å². The molecule has 0 fully saturated rings. The van der Waals surface area contributed by atoms with E-state index >= 15 is 0 Å². The Balaban J connectivity index is 1.06. The molecule has 1 aliphatic rings. The lowest BCUT2D eigenvalue weighted by Gasteiger charge is -2.36. The van der Waals surface area contributed by atoms with Gasteiger partial charge in [0, 0.05) is 55.4 Å². The molecule has 13 rings (SSSR count). The average Bonchev–Trinajstić information content (AvgIpc) is 3.78. The highest BCUT2D eigenvalue weighted by molar-refractivity contribution is 6.19. The minimum absolute atomic E-state index is 0.844. The molecular weight excluding hydrogens is 803 g/mol. The Labute approximate surface area is 383 Å². The van der Waals surface area contributed by atoms with Crippen LogP contribution >= 0.6 is 0 Å². The number of nitrogens with zero attached hydrogens (tertiary/aromatic N) is 3. The number of rotatable bonds is 8. The second-order valence-corrected chi connectivity index (χ2v) is 16.9. The summed E-state index contributed by atoms with van der Waals surface area (Å²) in [6.45, 7) is 0. The van der Waals surface area contributed by atoms with Crippen molar-refractivity contribution in [2.45, 2.75) is 0 Å². The second-order valence-electron chi connectivity index (χ2n) is 16.9. The Kier molecular flexibility index (Phi) is 8.81. The predicted molar refractivity (Wildman–Crippen MR) is 277 cm³/mol. The third-order valence-electron chi connectivity index (χ3n) is 13.1. The Bertz CT molecular complexity index is 3790. The number of hydrogen-bond acceptors (Lipinski definition) is 4. The summed E-state index contributed by atoms with van der Waals surface area (Å²) in [5.74, 6) is 0. The number of furan rings is 1. The Morgan fingerprint density at radius 1 is 0.333 bits per heavy atom. The highest BCUT2D eigenvalue weighted by atomic mass is 16.3. The van der Waals surface area contributed by atoms with E-state index in [2.05, 4.69) is 257 Å². The molecule has 2 heterocycles. The Morgan fingerprint density at radius 2 is 0.970 bits per heavy atom. The lowest BCUT2D eigenvalue weighted by molar-refractivity contribution is 0.669. The molecule has 4 heteroatoms. The third-order valence-corrected chi connectivity index (χ3v) is 13.1. The van der Waals surface area contributed by atoms with Gasteiger partial charge in [-0.3, -0.25) is 0 Å². The first-order chi connectivity index (χ1) is 32.8. The zero-order chi connectivity index (χ0) is 43.6. The number of benzene rings is 11. The van der Waals surface area contributed by atoms with Gasteiger partial charge in [0.1, 0.15) is 5.58 Å². The molecule has 0 N–H and O–H groups in total. The van der Waals surface area contributed by atoms with Crippen molar-refractivity contribution in [1.29, 1.82) is 0 Å². The van der Waals surface area contributed by atoms with E-state index in [0.717, 1.165) is 89.8 Å². The van der Waals surface area contributed by atoms with Crippen LogP contribution in [0.2, 0.25) is 0 Å². The highest BCUT2D eigenvalue weighted by Gasteiger charge is 2.30. The topological polar surface area (TPSA) is 22.9 Å². The molecule has 4 nitrogen and oxygen atoms in total. The average molecular weight is 844 g/mol. The Hall–Kier alpha value is -8.86. The van der Waals surface area contributed by atoms with Crippen molar-refractivity contribution in [2.75, 3.05) is 14.7 Å². The van der Waals surface area contributed by atoms with Gasteiger partial charge in [0.15, 0.2) is 5.58 Å². The summed E-state index contributed by atoms with van der Waals surface area (Å²) in [4.78, 5) is 7.24. The van der Waals surface area contributed by atoms with Gasteiger partial charge in [-0.25, -0.2) is 0 Å². The van der Waals surface area contributed by atoms with E-state index < -0.39 is 0 Å². The van der Waals surface area contributed by atoms with Gasteiger partial charge in [-0.05, 0) is 101 Å². The summed E-state index contributed by atoms with van der Waals surface area (Å²) in [6.07, 6.45) is 0. The van der Waals surface area contributed by atoms with E-state index in [9.17, 15) is 0 Å². The zero-order valence-corrected chi connectivity index (χ0v) is 35.9. The summed E-state index contributed by atoms with van der Waals surface area (Å²) < 4.78 is 6.80. The van der Waals surface area contributed by atoms with Crippen LogP contribution in [-0.2, 0) is 0 Å². The molecule has 0 atom stereocenters. The van der Waals surface area contributed by atoms with Crippen molar-refractivity contribution in [3.63, 3.8) is 0 Å². The van der Waals surface area contributed by atoms with Gasteiger partial charge < -0.3 is 19.1 Å². The van der Waals surface area contributed by atoms with Crippen molar-refractivity contribution >= 4 is 94.7 Å². The van der Waals surface area contributed by atoms with Gasteiger partial charge in [0.05, 0.1) is 28.4 Å². The van der Waals surface area contributed by atoms with E-state index in [4.69, 9.17) is 4.42 Å². The highest BCUT2D eigenvalue weighted by Crippen LogP contribution is 2.56. The van der Waals surface area contributed by atoms with Crippen LogP contribution in [0.1, 0.15) is 0 Å². The van der Waals surface area contributed by atoms with Crippen LogP contribution in [0.25, 0.3) is 65.7 Å². The summed E-state index contributed by atoms with van der Waals surface area (Å²) in [6, 6.07) is 89.5. The summed E-state index contributed by atoms with van der Waals surface area (Å²) in [5, 5.41) is 6.99. The van der Waals surface area contributed by atoms with Gasteiger partial charge in [-0.1, -0.05) is 170 Å². The van der Waals surface area contributed by atoms with Gasteiger partial charge in [-0.15, -0.1) is 0 Å². The van der Waals surface area contributed by atoms with E-state index in [0.29, 0.717) is 0 Å². The molecule has 12 aromatic rings. The smallest absolute Gasteiger partial charge is 0.159 e. The number of hydrogen-bond donors (Lipinski definition) is 0. The molecule has 0 amide bonds. The van der Waals surface area contributed by atoms with Crippen molar-refractivity contribution < 1.29 is 4.42 Å². The van der Waals surface area contributed by atoms with Gasteiger partial charge >= 0.3 is 0 Å². The molecule has 66 heavy (non-hydrogen) atoms. The minimum Gasteiger partial charge on any atom is -0.454 e. The molecule has 0 unspecified atom stereocenters. The standard InChI is InChI=1S/C62H41N3O/c1-4-19-43(20-5-1)49-26-12-14-30-55(49)65(58-32-16-28-53-51-27-13-15-33-60(51)66-62(53)58)48-36-37-50-52-38-39-56(54-29-17-31-57(61(52)54)64(59(50)41-48)46-24-8-3-9-25-46)63(45-22-6-2-7-23-45)47-35-34-42-18-10-11-21-44(42)40-47/h1-41H. The maximum absolute atomic E-state index is 6.80. The van der Waals surface area contributed by atoms with Crippen molar-refractivity contribution in [3.8, 4) is 22.3 Å². The van der Waals surface area contributed by atoms with Gasteiger partial charge in [0.25, 0.3) is 0 Å². The molecule has 0 radical (unpaired) electrons. The fourth-order valence-corrected chi connectivity index (χ4v) is 10.2. The van der Waals surface area contributed by atoms with Crippen LogP contribution in [-0.4, -0.2) is 0 Å². The minimum atomic E-state index is 0.844. The first-order valence-corrected chi connectivity index (χ1v) is 22.5. The fourth-order valence-electron chi connectivity index (χ4n) is 10.2. The van der Waals surface area contributed by atoms with Gasteiger partial charge in [0.2, 0.25) is 0 Å². The van der Waals surface area contributed by atoms with Crippen LogP contribution in [0.15, 0.2) is 253 Å². The molecular formula is C62H41N3O. The largest absolute Gasteiger partial charge is 0.454 e. The number of para-hydroxylation sites is 5. The summed E-state index contributed by atoms with van der Waals surface area (Å²) in [5.41, 5.74) is 16.0. The first kappa shape index (κ1) is 37.7. The van der Waals surface area contributed by atoms with Crippen LogP contribution in [0, 0.1) is 0 Å². The second kappa shape index (κ2) is 15.4. The first-order valence-electron chi connectivity index (χ1n) is 22.5. The van der Waals surface area contributed by atoms with E-state index in [1.807, 2.05) is 6.07 Å².